The normalized spacial score (nSPS) is 17.7. The Balaban J connectivity index is 1.83. The van der Waals surface area contributed by atoms with E-state index in [1.165, 1.54) is 0 Å². The van der Waals surface area contributed by atoms with Crippen LogP contribution in [0.1, 0.15) is 28.9 Å². The lowest BCUT2D eigenvalue weighted by atomic mass is 10.0. The fraction of sp³-hybridized carbons (Fsp3) is 0.263. The molecule has 1 saturated heterocycles. The molecule has 0 saturated carbocycles. The third kappa shape index (κ3) is 3.44. The number of benzene rings is 2. The van der Waals surface area contributed by atoms with E-state index in [1.807, 2.05) is 35.2 Å². The molecular formula is C19H19ClN2O2. The summed E-state index contributed by atoms with van der Waals surface area (Å²) in [6.07, 6.45) is 0. The first-order valence-electron chi connectivity index (χ1n) is 7.93. The van der Waals surface area contributed by atoms with E-state index in [0.717, 1.165) is 5.56 Å². The molecule has 1 fully saturated rings. The fourth-order valence-corrected chi connectivity index (χ4v) is 3.21. The Labute approximate surface area is 146 Å². The van der Waals surface area contributed by atoms with Gasteiger partial charge >= 0.3 is 0 Å². The Morgan fingerprint density at radius 2 is 1.67 bits per heavy atom. The SMILES string of the molecule is CC(=O)N1CCN(C(=O)c2ccc(Cl)cc2)CC1c1ccccc1. The molecule has 5 heteroatoms. The van der Waals surface area contributed by atoms with Gasteiger partial charge in [0.1, 0.15) is 0 Å². The highest BCUT2D eigenvalue weighted by atomic mass is 35.5. The van der Waals surface area contributed by atoms with Crippen LogP contribution in [-0.4, -0.2) is 41.2 Å². The molecule has 2 aromatic rings. The van der Waals surface area contributed by atoms with Crippen LogP contribution in [-0.2, 0) is 4.79 Å². The van der Waals surface area contributed by atoms with Crippen molar-refractivity contribution in [3.63, 3.8) is 0 Å². The Hall–Kier alpha value is -2.33. The third-order valence-electron chi connectivity index (χ3n) is 4.35. The monoisotopic (exact) mass is 342 g/mol. The topological polar surface area (TPSA) is 40.6 Å². The van der Waals surface area contributed by atoms with Crippen molar-refractivity contribution in [1.29, 1.82) is 0 Å². The van der Waals surface area contributed by atoms with Crippen LogP contribution in [0.15, 0.2) is 54.6 Å². The maximum atomic E-state index is 12.7. The first-order chi connectivity index (χ1) is 11.6. The zero-order valence-corrected chi connectivity index (χ0v) is 14.2. The average Bonchev–Trinajstić information content (AvgIpc) is 2.62. The number of piperazine rings is 1. The van der Waals surface area contributed by atoms with Gasteiger partial charge in [-0.3, -0.25) is 9.59 Å². The quantitative estimate of drug-likeness (QED) is 0.839. The first-order valence-corrected chi connectivity index (χ1v) is 8.31. The Morgan fingerprint density at radius 3 is 2.29 bits per heavy atom. The highest BCUT2D eigenvalue weighted by molar-refractivity contribution is 6.30. The molecule has 24 heavy (non-hydrogen) atoms. The van der Waals surface area contributed by atoms with Crippen molar-refractivity contribution in [2.45, 2.75) is 13.0 Å². The minimum atomic E-state index is -0.117. The molecule has 0 N–H and O–H groups in total. The number of carbonyl (C=O) groups is 2. The van der Waals surface area contributed by atoms with E-state index in [-0.39, 0.29) is 17.9 Å². The zero-order chi connectivity index (χ0) is 17.1. The number of rotatable bonds is 2. The summed E-state index contributed by atoms with van der Waals surface area (Å²) in [6.45, 7) is 3.14. The van der Waals surface area contributed by atoms with Crippen LogP contribution in [0.4, 0.5) is 0 Å². The van der Waals surface area contributed by atoms with E-state index in [1.54, 1.807) is 36.1 Å². The Morgan fingerprint density at radius 1 is 1.00 bits per heavy atom. The molecule has 2 amide bonds. The van der Waals surface area contributed by atoms with E-state index >= 15 is 0 Å². The molecule has 124 valence electrons. The van der Waals surface area contributed by atoms with Gasteiger partial charge in [0.25, 0.3) is 5.91 Å². The maximum absolute atomic E-state index is 12.7. The summed E-state index contributed by atoms with van der Waals surface area (Å²) >= 11 is 5.89. The van der Waals surface area contributed by atoms with Gasteiger partial charge in [-0.15, -0.1) is 0 Å². The molecule has 1 aliphatic heterocycles. The van der Waals surface area contributed by atoms with E-state index in [9.17, 15) is 9.59 Å². The molecule has 2 aromatic carbocycles. The van der Waals surface area contributed by atoms with E-state index < -0.39 is 0 Å². The molecule has 4 nitrogen and oxygen atoms in total. The molecule has 0 bridgehead atoms. The molecular weight excluding hydrogens is 324 g/mol. The number of amides is 2. The molecule has 0 aromatic heterocycles. The molecule has 3 rings (SSSR count). The molecule has 1 unspecified atom stereocenters. The summed E-state index contributed by atoms with van der Waals surface area (Å²) in [5.41, 5.74) is 1.66. The van der Waals surface area contributed by atoms with Crippen LogP contribution >= 0.6 is 11.6 Å². The van der Waals surface area contributed by atoms with Crippen molar-refractivity contribution in [1.82, 2.24) is 9.80 Å². The maximum Gasteiger partial charge on any atom is 0.253 e. The van der Waals surface area contributed by atoms with Crippen LogP contribution in [0, 0.1) is 0 Å². The van der Waals surface area contributed by atoms with Crippen molar-refractivity contribution in [3.05, 3.63) is 70.7 Å². The van der Waals surface area contributed by atoms with Crippen molar-refractivity contribution in [2.75, 3.05) is 19.6 Å². The summed E-state index contributed by atoms with van der Waals surface area (Å²) in [6, 6.07) is 16.6. The second-order valence-corrected chi connectivity index (χ2v) is 6.33. The molecule has 1 atom stereocenters. The highest BCUT2D eigenvalue weighted by Crippen LogP contribution is 2.26. The number of carbonyl (C=O) groups excluding carboxylic acids is 2. The zero-order valence-electron chi connectivity index (χ0n) is 13.5. The summed E-state index contributed by atoms with van der Waals surface area (Å²) in [5, 5.41) is 0.607. The van der Waals surface area contributed by atoms with Gasteiger partial charge in [-0.1, -0.05) is 41.9 Å². The second-order valence-electron chi connectivity index (χ2n) is 5.90. The summed E-state index contributed by atoms with van der Waals surface area (Å²) in [7, 11) is 0. The van der Waals surface area contributed by atoms with Gasteiger partial charge in [0.15, 0.2) is 0 Å². The summed E-state index contributed by atoms with van der Waals surface area (Å²) in [5.74, 6) is -0.00163. The van der Waals surface area contributed by atoms with Crippen LogP contribution in [0.5, 0.6) is 0 Å². The van der Waals surface area contributed by atoms with E-state index in [0.29, 0.717) is 30.2 Å². The molecule has 1 aliphatic rings. The van der Waals surface area contributed by atoms with Crippen LogP contribution in [0.2, 0.25) is 5.02 Å². The average molecular weight is 343 g/mol. The van der Waals surface area contributed by atoms with Gasteiger partial charge in [-0.25, -0.2) is 0 Å². The molecule has 0 radical (unpaired) electrons. The van der Waals surface area contributed by atoms with Gasteiger partial charge in [0.2, 0.25) is 5.91 Å². The van der Waals surface area contributed by atoms with Crippen molar-refractivity contribution < 1.29 is 9.59 Å². The molecule has 1 heterocycles. The number of nitrogens with zero attached hydrogens (tertiary/aromatic N) is 2. The predicted octanol–water partition coefficient (Wildman–Crippen LogP) is 3.39. The summed E-state index contributed by atoms with van der Waals surface area (Å²) < 4.78 is 0. The minimum absolute atomic E-state index is 0.0300. The lowest BCUT2D eigenvalue weighted by molar-refractivity contribution is -0.133. The summed E-state index contributed by atoms with van der Waals surface area (Å²) in [4.78, 5) is 28.4. The lowest BCUT2D eigenvalue weighted by Gasteiger charge is -2.41. The van der Waals surface area contributed by atoms with Crippen LogP contribution in [0.3, 0.4) is 0 Å². The number of hydrogen-bond acceptors (Lipinski definition) is 2. The first kappa shape index (κ1) is 16.5. The van der Waals surface area contributed by atoms with Gasteiger partial charge in [0, 0.05) is 37.1 Å². The van der Waals surface area contributed by atoms with Crippen molar-refractivity contribution in [2.24, 2.45) is 0 Å². The standard InChI is InChI=1S/C19H19ClN2O2/c1-14(23)22-12-11-21(13-18(22)15-5-3-2-4-6-15)19(24)16-7-9-17(20)10-8-16/h2-10,18H,11-13H2,1H3. The van der Waals surface area contributed by atoms with Crippen molar-refractivity contribution >= 4 is 23.4 Å². The second kappa shape index (κ2) is 7.05. The fourth-order valence-electron chi connectivity index (χ4n) is 3.08. The Bertz CT molecular complexity index is 731. The van der Waals surface area contributed by atoms with Gasteiger partial charge in [0.05, 0.1) is 6.04 Å². The number of halogens is 1. The molecule has 0 aliphatic carbocycles. The van der Waals surface area contributed by atoms with Gasteiger partial charge in [-0.05, 0) is 29.8 Å². The molecule has 0 spiro atoms. The van der Waals surface area contributed by atoms with Crippen LogP contribution in [0.25, 0.3) is 0 Å². The Kier molecular flexibility index (Phi) is 4.86. The lowest BCUT2D eigenvalue weighted by Crippen LogP contribution is -2.51. The van der Waals surface area contributed by atoms with E-state index in [4.69, 9.17) is 11.6 Å². The third-order valence-corrected chi connectivity index (χ3v) is 4.60. The van der Waals surface area contributed by atoms with E-state index in [2.05, 4.69) is 0 Å². The smallest absolute Gasteiger partial charge is 0.253 e. The number of hydrogen-bond donors (Lipinski definition) is 0. The van der Waals surface area contributed by atoms with Crippen LogP contribution < -0.4 is 0 Å². The van der Waals surface area contributed by atoms with Gasteiger partial charge in [-0.2, -0.15) is 0 Å². The predicted molar refractivity (Wildman–Crippen MR) is 93.9 cm³/mol. The minimum Gasteiger partial charge on any atom is -0.334 e. The van der Waals surface area contributed by atoms with Gasteiger partial charge < -0.3 is 9.80 Å². The van der Waals surface area contributed by atoms with Crippen molar-refractivity contribution in [3.8, 4) is 0 Å². The highest BCUT2D eigenvalue weighted by Gasteiger charge is 2.32. The largest absolute Gasteiger partial charge is 0.334 e.